The summed E-state index contributed by atoms with van der Waals surface area (Å²) in [5.41, 5.74) is 7.99. The van der Waals surface area contributed by atoms with Crippen molar-refractivity contribution in [2.75, 3.05) is 7.11 Å². The molecule has 1 aromatic carbocycles. The van der Waals surface area contributed by atoms with E-state index in [-0.39, 0.29) is 11.0 Å². The summed E-state index contributed by atoms with van der Waals surface area (Å²) in [6, 6.07) is 8.67. The Balaban J connectivity index is 2.42. The Morgan fingerprint density at radius 2 is 1.86 bits per heavy atom. The Hall–Kier alpha value is -2.14. The highest BCUT2D eigenvalue weighted by molar-refractivity contribution is 5.35. The Bertz CT molecular complexity index is 669. The summed E-state index contributed by atoms with van der Waals surface area (Å²) >= 11 is 0. The highest BCUT2D eigenvalue weighted by atomic mass is 16.5. The number of rotatable bonds is 3. The first-order valence-corrected chi connectivity index (χ1v) is 6.82. The lowest BCUT2D eigenvalue weighted by Gasteiger charge is -2.19. The van der Waals surface area contributed by atoms with E-state index in [1.807, 2.05) is 45.0 Å². The molecule has 0 amide bonds. The average Bonchev–Trinajstić information content (AvgIpc) is 2.46. The van der Waals surface area contributed by atoms with E-state index in [1.54, 1.807) is 13.2 Å². The summed E-state index contributed by atoms with van der Waals surface area (Å²) < 4.78 is 5.12. The van der Waals surface area contributed by atoms with E-state index < -0.39 is 6.04 Å². The van der Waals surface area contributed by atoms with Gasteiger partial charge in [-0.05, 0) is 23.8 Å². The number of aromatic nitrogens is 2. The normalized spacial score (nSPS) is 13.0. The second kappa shape index (κ2) is 5.69. The van der Waals surface area contributed by atoms with Gasteiger partial charge in [0.15, 0.2) is 0 Å². The number of methoxy groups -OCH3 is 1. The number of ether oxygens (including phenoxy) is 1. The van der Waals surface area contributed by atoms with Crippen LogP contribution < -0.4 is 16.0 Å². The maximum Gasteiger partial charge on any atom is 0.269 e. The van der Waals surface area contributed by atoms with Crippen LogP contribution in [0.1, 0.15) is 43.6 Å². The molecular formula is C16H21N3O2. The van der Waals surface area contributed by atoms with Gasteiger partial charge in [0.05, 0.1) is 18.8 Å². The van der Waals surface area contributed by atoms with Crippen molar-refractivity contribution in [2.45, 2.75) is 32.2 Å². The molecule has 5 nitrogen and oxygen atoms in total. The molecule has 0 aliphatic heterocycles. The third-order valence-electron chi connectivity index (χ3n) is 3.41. The number of benzene rings is 1. The molecule has 1 heterocycles. The second-order valence-corrected chi connectivity index (χ2v) is 6.04. The van der Waals surface area contributed by atoms with Gasteiger partial charge >= 0.3 is 0 Å². The van der Waals surface area contributed by atoms with Crippen LogP contribution in [0.15, 0.2) is 35.1 Å². The van der Waals surface area contributed by atoms with Gasteiger partial charge in [0.2, 0.25) is 0 Å². The van der Waals surface area contributed by atoms with Crippen LogP contribution in [0, 0.1) is 0 Å². The molecule has 2 aromatic rings. The quantitative estimate of drug-likeness (QED) is 0.906. The molecule has 0 aliphatic rings. The molecule has 0 radical (unpaired) electrons. The van der Waals surface area contributed by atoms with E-state index in [2.05, 4.69) is 10.2 Å². The van der Waals surface area contributed by atoms with Gasteiger partial charge in [-0.2, -0.15) is 5.10 Å². The molecule has 0 bridgehead atoms. The highest BCUT2D eigenvalue weighted by Gasteiger charge is 2.20. The molecule has 2 rings (SSSR count). The molecule has 3 N–H and O–H groups in total. The fourth-order valence-corrected chi connectivity index (χ4v) is 2.03. The lowest BCUT2D eigenvalue weighted by Crippen LogP contribution is -2.27. The van der Waals surface area contributed by atoms with Gasteiger partial charge < -0.3 is 10.5 Å². The summed E-state index contributed by atoms with van der Waals surface area (Å²) in [6.45, 7) is 6.11. The fraction of sp³-hybridized carbons (Fsp3) is 0.375. The number of nitrogens with zero attached hydrogens (tertiary/aromatic N) is 1. The number of H-pyrrole nitrogens is 1. The summed E-state index contributed by atoms with van der Waals surface area (Å²) in [5, 5.41) is 6.64. The van der Waals surface area contributed by atoms with Crippen molar-refractivity contribution >= 4 is 0 Å². The zero-order valence-corrected chi connectivity index (χ0v) is 12.8. The number of aromatic amines is 1. The molecule has 0 aliphatic carbocycles. The highest BCUT2D eigenvalue weighted by Crippen LogP contribution is 2.23. The van der Waals surface area contributed by atoms with Crippen molar-refractivity contribution in [3.8, 4) is 5.75 Å². The van der Waals surface area contributed by atoms with E-state index >= 15 is 0 Å². The van der Waals surface area contributed by atoms with Crippen LogP contribution in [-0.4, -0.2) is 17.3 Å². The number of nitrogens with one attached hydrogen (secondary N) is 1. The minimum atomic E-state index is -0.497. The van der Waals surface area contributed by atoms with E-state index in [1.165, 1.54) is 0 Å². The van der Waals surface area contributed by atoms with Gasteiger partial charge in [-0.1, -0.05) is 32.9 Å². The number of nitrogens with two attached hydrogens (primary N) is 1. The van der Waals surface area contributed by atoms with Crippen LogP contribution in [0.3, 0.4) is 0 Å². The Morgan fingerprint density at radius 1 is 1.24 bits per heavy atom. The van der Waals surface area contributed by atoms with Crippen molar-refractivity contribution in [3.05, 3.63) is 57.5 Å². The van der Waals surface area contributed by atoms with E-state index in [0.717, 1.165) is 17.0 Å². The van der Waals surface area contributed by atoms with Crippen LogP contribution in [0.5, 0.6) is 5.75 Å². The molecule has 112 valence electrons. The van der Waals surface area contributed by atoms with Crippen LogP contribution in [0.25, 0.3) is 0 Å². The van der Waals surface area contributed by atoms with Gasteiger partial charge in [0.25, 0.3) is 5.56 Å². The van der Waals surface area contributed by atoms with Gasteiger partial charge in [-0.15, -0.1) is 0 Å². The van der Waals surface area contributed by atoms with Gasteiger partial charge in [-0.25, -0.2) is 5.10 Å². The smallest absolute Gasteiger partial charge is 0.269 e. The first kappa shape index (κ1) is 15.3. The summed E-state index contributed by atoms with van der Waals surface area (Å²) in [6.07, 6.45) is 0. The minimum absolute atomic E-state index is 0.154. The third-order valence-corrected chi connectivity index (χ3v) is 3.41. The van der Waals surface area contributed by atoms with Crippen LogP contribution in [-0.2, 0) is 5.41 Å². The van der Waals surface area contributed by atoms with Crippen LogP contribution >= 0.6 is 0 Å². The first-order chi connectivity index (χ1) is 9.82. The standard InChI is InChI=1S/C16H21N3O2/c1-16(2,3)13-9-12(15(20)19-18-13)14(17)10-5-7-11(21-4)8-6-10/h5-9,14H,17H2,1-4H3,(H,19,20). The second-order valence-electron chi connectivity index (χ2n) is 6.04. The molecule has 0 fully saturated rings. The average molecular weight is 287 g/mol. The predicted molar refractivity (Wildman–Crippen MR) is 82.6 cm³/mol. The maximum absolute atomic E-state index is 12.0. The van der Waals surface area contributed by atoms with Crippen molar-refractivity contribution in [3.63, 3.8) is 0 Å². The molecule has 5 heteroatoms. The van der Waals surface area contributed by atoms with Gasteiger partial charge in [0, 0.05) is 11.0 Å². The predicted octanol–water partition coefficient (Wildman–Crippen LogP) is 2.12. The minimum Gasteiger partial charge on any atom is -0.497 e. The van der Waals surface area contributed by atoms with Crippen LogP contribution in [0.2, 0.25) is 0 Å². The lowest BCUT2D eigenvalue weighted by molar-refractivity contribution is 0.414. The fourth-order valence-electron chi connectivity index (χ4n) is 2.03. The first-order valence-electron chi connectivity index (χ1n) is 6.82. The third kappa shape index (κ3) is 3.31. The number of hydrogen-bond acceptors (Lipinski definition) is 4. The zero-order chi connectivity index (χ0) is 15.6. The SMILES string of the molecule is COc1ccc(C(N)c2cc(C(C)(C)C)n[nH]c2=O)cc1. The van der Waals surface area contributed by atoms with Crippen molar-refractivity contribution in [2.24, 2.45) is 5.73 Å². The molecule has 1 aromatic heterocycles. The van der Waals surface area contributed by atoms with Gasteiger partial charge in [-0.3, -0.25) is 4.79 Å². The Labute approximate surface area is 124 Å². The molecule has 0 saturated carbocycles. The maximum atomic E-state index is 12.0. The van der Waals surface area contributed by atoms with Crippen molar-refractivity contribution in [1.82, 2.24) is 10.2 Å². The van der Waals surface area contributed by atoms with E-state index in [0.29, 0.717) is 5.56 Å². The summed E-state index contributed by atoms with van der Waals surface area (Å²) in [7, 11) is 1.61. The Morgan fingerprint density at radius 3 is 2.38 bits per heavy atom. The Kier molecular flexibility index (Phi) is 4.14. The number of hydrogen-bond donors (Lipinski definition) is 2. The lowest BCUT2D eigenvalue weighted by atomic mass is 9.90. The topological polar surface area (TPSA) is 81.0 Å². The molecular weight excluding hydrogens is 266 g/mol. The van der Waals surface area contributed by atoms with Gasteiger partial charge in [0.1, 0.15) is 5.75 Å². The van der Waals surface area contributed by atoms with E-state index in [4.69, 9.17) is 10.5 Å². The van der Waals surface area contributed by atoms with E-state index in [9.17, 15) is 4.79 Å². The molecule has 0 spiro atoms. The molecule has 1 unspecified atom stereocenters. The van der Waals surface area contributed by atoms with Crippen molar-refractivity contribution in [1.29, 1.82) is 0 Å². The molecule has 0 saturated heterocycles. The monoisotopic (exact) mass is 287 g/mol. The zero-order valence-electron chi connectivity index (χ0n) is 12.8. The van der Waals surface area contributed by atoms with Crippen molar-refractivity contribution < 1.29 is 4.74 Å². The molecule has 21 heavy (non-hydrogen) atoms. The van der Waals surface area contributed by atoms with Crippen LogP contribution in [0.4, 0.5) is 0 Å². The largest absolute Gasteiger partial charge is 0.497 e. The summed E-state index contributed by atoms with van der Waals surface area (Å²) in [5.74, 6) is 0.755. The summed E-state index contributed by atoms with van der Waals surface area (Å²) in [4.78, 5) is 12.0. The molecule has 1 atom stereocenters.